The van der Waals surface area contributed by atoms with Gasteiger partial charge < -0.3 is 24.6 Å². The topological polar surface area (TPSA) is 181 Å². The van der Waals surface area contributed by atoms with Crippen molar-refractivity contribution in [3.63, 3.8) is 0 Å². The van der Waals surface area contributed by atoms with Gasteiger partial charge in [0.2, 0.25) is 21.8 Å². The molecule has 0 unspecified atom stereocenters. The molecule has 0 bridgehead atoms. The molecule has 0 spiro atoms. The predicted molar refractivity (Wildman–Crippen MR) is 217 cm³/mol. The average Bonchev–Trinajstić information content (AvgIpc) is 4.00. The molecule has 2 aliphatic carbocycles. The maximum Gasteiger partial charge on any atom is 0.306 e. The summed E-state index contributed by atoms with van der Waals surface area (Å²) in [4.78, 5) is 78.3. The Hall–Kier alpha value is -4.31. The number of likely N-dealkylation sites (tertiary alicyclic amines) is 1. The summed E-state index contributed by atoms with van der Waals surface area (Å²) in [6.45, 7) is 7.04. The molecule has 314 valence electrons. The fraction of sp³-hybridized carbons (Fsp3) is 0.619. The first-order valence-corrected chi connectivity index (χ1v) is 22.9. The third kappa shape index (κ3) is 9.27. The van der Waals surface area contributed by atoms with Crippen LogP contribution in [0.4, 0.5) is 0 Å². The fourth-order valence-electron chi connectivity index (χ4n) is 8.50. The van der Waals surface area contributed by atoms with Gasteiger partial charge >= 0.3 is 5.97 Å². The molecule has 1 aromatic carbocycles. The van der Waals surface area contributed by atoms with Crippen LogP contribution in [0.3, 0.4) is 0 Å². The number of esters is 1. The third-order valence-electron chi connectivity index (χ3n) is 12.2. The molecule has 4 amide bonds. The van der Waals surface area contributed by atoms with Gasteiger partial charge in [0, 0.05) is 54.2 Å². The summed E-state index contributed by atoms with van der Waals surface area (Å²) in [5.41, 5.74) is -0.0614. The molecule has 5 aliphatic rings. The molecular weight excluding hydrogens is 783 g/mol. The van der Waals surface area contributed by atoms with E-state index in [0.717, 1.165) is 18.4 Å². The number of rotatable bonds is 10. The first kappa shape index (κ1) is 41.8. The minimum Gasteiger partial charge on any atom is -0.497 e. The number of nitrogens with zero attached hydrogens (tertiary/aromatic N) is 3. The van der Waals surface area contributed by atoms with Crippen molar-refractivity contribution in [1.82, 2.24) is 24.8 Å². The zero-order valence-corrected chi connectivity index (χ0v) is 35.4. The second-order valence-electron chi connectivity index (χ2n) is 17.8. The van der Waals surface area contributed by atoms with Crippen LogP contribution in [-0.2, 0) is 33.9 Å². The SMILES string of the molecule is COc1ccc(-c2csc(C(=O)N3C[C@H]4CN5C(=O)[C@@H](CC(=O)OCCC(C)(C)C)CCCCC/C=C\[C@@H]6C[C@@]6(C(=O)NS(=O)(=O)C6CC6)NC(=O)[C@@H]5[C@H]4C3)n2)cc1. The van der Waals surface area contributed by atoms with Gasteiger partial charge in [-0.25, -0.2) is 13.4 Å². The van der Waals surface area contributed by atoms with Gasteiger partial charge in [0.1, 0.15) is 17.3 Å². The van der Waals surface area contributed by atoms with Crippen molar-refractivity contribution in [3.05, 3.63) is 46.8 Å². The summed E-state index contributed by atoms with van der Waals surface area (Å²) >= 11 is 1.23. The highest BCUT2D eigenvalue weighted by Gasteiger charge is 2.63. The number of thiazole rings is 1. The van der Waals surface area contributed by atoms with Crippen molar-refractivity contribution in [2.45, 2.75) is 102 Å². The molecule has 2 aromatic rings. The van der Waals surface area contributed by atoms with Gasteiger partial charge in [-0.3, -0.25) is 28.7 Å². The second-order valence-corrected chi connectivity index (χ2v) is 20.6. The number of nitrogens with one attached hydrogen (secondary N) is 2. The van der Waals surface area contributed by atoms with E-state index in [-0.39, 0.29) is 62.2 Å². The highest BCUT2D eigenvalue weighted by Crippen LogP contribution is 2.47. The first-order valence-electron chi connectivity index (χ1n) is 20.5. The number of methoxy groups -OCH3 is 1. The molecule has 6 atom stereocenters. The molecule has 1 aromatic heterocycles. The zero-order chi connectivity index (χ0) is 41.4. The second kappa shape index (κ2) is 16.7. The van der Waals surface area contributed by atoms with Gasteiger partial charge in [0.05, 0.1) is 31.1 Å². The molecule has 2 N–H and O–H groups in total. The van der Waals surface area contributed by atoms with E-state index < -0.39 is 62.4 Å². The molecule has 0 radical (unpaired) electrons. The summed E-state index contributed by atoms with van der Waals surface area (Å²) in [6.07, 6.45) is 9.01. The molecule has 4 fully saturated rings. The lowest BCUT2D eigenvalue weighted by atomic mass is 9.92. The van der Waals surface area contributed by atoms with Gasteiger partial charge in [-0.15, -0.1) is 11.3 Å². The molecule has 7 rings (SSSR count). The van der Waals surface area contributed by atoms with Crippen molar-refractivity contribution >= 4 is 51.0 Å². The van der Waals surface area contributed by atoms with Crippen molar-refractivity contribution in [2.75, 3.05) is 33.4 Å². The Morgan fingerprint density at radius 3 is 2.50 bits per heavy atom. The third-order valence-corrected chi connectivity index (χ3v) is 14.9. The van der Waals surface area contributed by atoms with Crippen LogP contribution in [0.15, 0.2) is 41.8 Å². The summed E-state index contributed by atoms with van der Waals surface area (Å²) in [5, 5.41) is 4.44. The average molecular weight is 838 g/mol. The van der Waals surface area contributed by atoms with Crippen molar-refractivity contribution < 1.29 is 41.9 Å². The number of carbonyl (C=O) groups excluding carboxylic acids is 5. The van der Waals surface area contributed by atoms with E-state index in [0.29, 0.717) is 55.0 Å². The van der Waals surface area contributed by atoms with Crippen LogP contribution < -0.4 is 14.8 Å². The Morgan fingerprint density at radius 1 is 1.03 bits per heavy atom. The lowest BCUT2D eigenvalue weighted by molar-refractivity contribution is -0.151. The predicted octanol–water partition coefficient (Wildman–Crippen LogP) is 4.71. The van der Waals surface area contributed by atoms with Gasteiger partial charge in [-0.05, 0) is 74.6 Å². The Bertz CT molecular complexity index is 2040. The number of ether oxygens (including phenoxy) is 2. The molecule has 2 saturated heterocycles. The minimum absolute atomic E-state index is 0.0356. The number of hydrogen-bond donors (Lipinski definition) is 2. The van der Waals surface area contributed by atoms with E-state index in [2.05, 4.69) is 35.8 Å². The number of fused-ring (bicyclic) bond motifs is 4. The van der Waals surface area contributed by atoms with Crippen LogP contribution >= 0.6 is 11.3 Å². The number of carbonyl (C=O) groups is 5. The van der Waals surface area contributed by atoms with Gasteiger partial charge in [-0.2, -0.15) is 0 Å². The molecular formula is C42H55N5O9S2. The number of amides is 4. The summed E-state index contributed by atoms with van der Waals surface area (Å²) in [6, 6.07) is 6.32. The monoisotopic (exact) mass is 837 g/mol. The van der Waals surface area contributed by atoms with Crippen molar-refractivity contribution in [3.8, 4) is 17.0 Å². The number of sulfonamides is 1. The van der Waals surface area contributed by atoms with E-state index in [4.69, 9.17) is 9.47 Å². The minimum atomic E-state index is -3.91. The van der Waals surface area contributed by atoms with Crippen LogP contribution in [0.25, 0.3) is 11.3 Å². The van der Waals surface area contributed by atoms with Crippen LogP contribution in [0.5, 0.6) is 5.75 Å². The Kier molecular flexibility index (Phi) is 12.1. The van der Waals surface area contributed by atoms with E-state index in [1.54, 1.807) is 16.9 Å². The Balaban J connectivity index is 1.14. The largest absolute Gasteiger partial charge is 0.497 e. The van der Waals surface area contributed by atoms with E-state index in [9.17, 15) is 32.4 Å². The summed E-state index contributed by atoms with van der Waals surface area (Å²) in [5.74, 6) is -3.64. The number of allylic oxidation sites excluding steroid dienone is 1. The quantitative estimate of drug-likeness (QED) is 0.252. The smallest absolute Gasteiger partial charge is 0.306 e. The van der Waals surface area contributed by atoms with E-state index in [1.165, 1.54) is 11.3 Å². The molecule has 16 heteroatoms. The number of aromatic nitrogens is 1. The van der Waals surface area contributed by atoms with E-state index in [1.807, 2.05) is 41.8 Å². The molecule has 14 nitrogen and oxygen atoms in total. The van der Waals surface area contributed by atoms with Gasteiger partial charge in [0.15, 0.2) is 5.01 Å². The fourth-order valence-corrected chi connectivity index (χ4v) is 10.7. The first-order chi connectivity index (χ1) is 27.6. The van der Waals surface area contributed by atoms with Crippen molar-refractivity contribution in [1.29, 1.82) is 0 Å². The zero-order valence-electron chi connectivity index (χ0n) is 33.7. The number of hydrogen-bond acceptors (Lipinski definition) is 11. The molecule has 3 aliphatic heterocycles. The molecule has 4 heterocycles. The van der Waals surface area contributed by atoms with Crippen molar-refractivity contribution in [2.24, 2.45) is 29.1 Å². The maximum atomic E-state index is 14.7. The van der Waals surface area contributed by atoms with Crippen LogP contribution in [0.2, 0.25) is 0 Å². The summed E-state index contributed by atoms with van der Waals surface area (Å²) in [7, 11) is -2.32. The highest BCUT2D eigenvalue weighted by atomic mass is 32.2. The molecule has 2 saturated carbocycles. The van der Waals surface area contributed by atoms with Crippen LogP contribution in [-0.4, -0.2) is 103 Å². The van der Waals surface area contributed by atoms with Crippen LogP contribution in [0.1, 0.15) is 94.8 Å². The summed E-state index contributed by atoms with van der Waals surface area (Å²) < 4.78 is 39.0. The maximum absolute atomic E-state index is 14.7. The lowest BCUT2D eigenvalue weighted by Crippen LogP contribution is -2.58. The van der Waals surface area contributed by atoms with E-state index >= 15 is 0 Å². The molecule has 58 heavy (non-hydrogen) atoms. The number of benzene rings is 1. The highest BCUT2D eigenvalue weighted by molar-refractivity contribution is 7.91. The van der Waals surface area contributed by atoms with Gasteiger partial charge in [-0.1, -0.05) is 45.8 Å². The Labute approximate surface area is 344 Å². The lowest BCUT2D eigenvalue weighted by Gasteiger charge is -2.32. The Morgan fingerprint density at radius 2 is 1.79 bits per heavy atom. The standard InChI is InChI=1S/C42H55N5O9S2/c1-41(2,3)18-19-56-34(48)20-27-10-8-6-5-7-9-11-29-21-42(29,40(52)45-58(53,54)31-16-17-31)44-36(49)35-32-24-46(22-28(32)23-47(35)38(27)50)39(51)37-43-33(25-57-37)26-12-14-30(55-4)15-13-26/h9,11-15,25,27-29,31-32,35H,5-8,10,16-24H2,1-4H3,(H,44,49)(H,45,52)/b11-9-/t27-,28+,29-,32+,35+,42-/m1/s1. The van der Waals surface area contributed by atoms with Gasteiger partial charge in [0.25, 0.3) is 11.8 Å². The normalized spacial score (nSPS) is 28.2. The van der Waals surface area contributed by atoms with Crippen LogP contribution in [0, 0.1) is 29.1 Å².